The molecule has 0 bridgehead atoms. The van der Waals surface area contributed by atoms with Gasteiger partial charge in [0.25, 0.3) is 0 Å². The van der Waals surface area contributed by atoms with Gasteiger partial charge in [-0.25, -0.2) is 8.78 Å². The molecule has 0 amide bonds. The van der Waals surface area contributed by atoms with Gasteiger partial charge >= 0.3 is 11.8 Å². The molecule has 0 radical (unpaired) electrons. The molecule has 3 aliphatic rings. The Labute approximate surface area is 190 Å². The van der Waals surface area contributed by atoms with Crippen molar-refractivity contribution in [3.8, 4) is 0 Å². The van der Waals surface area contributed by atoms with Crippen LogP contribution >= 0.6 is 0 Å². The lowest BCUT2D eigenvalue weighted by Crippen LogP contribution is -2.53. The van der Waals surface area contributed by atoms with E-state index in [1.54, 1.807) is 6.92 Å². The molecule has 0 nitrogen and oxygen atoms in total. The summed E-state index contributed by atoms with van der Waals surface area (Å²) in [6.07, 6.45) is 4.60. The van der Waals surface area contributed by atoms with Crippen molar-refractivity contribution in [2.45, 2.75) is 128 Å². The van der Waals surface area contributed by atoms with Crippen LogP contribution in [0, 0.1) is 35.5 Å². The molecule has 0 aliphatic heterocycles. The molecule has 0 saturated heterocycles. The average Bonchev–Trinajstić information content (AvgIpc) is 2.78. The van der Waals surface area contributed by atoms with Gasteiger partial charge in [-0.05, 0) is 87.9 Å². The number of alkyl halides is 6. The summed E-state index contributed by atoms with van der Waals surface area (Å²) in [5, 5.41) is 0. The van der Waals surface area contributed by atoms with E-state index in [1.165, 1.54) is 0 Å². The molecular weight excluding hydrogens is 426 g/mol. The smallest absolute Gasteiger partial charge is 0.244 e. The first kappa shape index (κ1) is 26.2. The summed E-state index contributed by atoms with van der Waals surface area (Å²) in [7, 11) is 0. The molecule has 3 aliphatic carbocycles. The van der Waals surface area contributed by atoms with Gasteiger partial charge in [-0.2, -0.15) is 17.6 Å². The highest BCUT2D eigenvalue weighted by Gasteiger charge is 2.64. The minimum absolute atomic E-state index is 0.0185. The number of hydrogen-bond acceptors (Lipinski definition) is 0. The molecule has 0 spiro atoms. The Morgan fingerprint density at radius 2 is 1.19 bits per heavy atom. The van der Waals surface area contributed by atoms with Crippen LogP contribution in [0.25, 0.3) is 0 Å². The van der Waals surface area contributed by atoms with Gasteiger partial charge in [-0.1, -0.05) is 39.5 Å². The highest BCUT2D eigenvalue weighted by atomic mass is 19.3. The molecule has 0 heterocycles. The van der Waals surface area contributed by atoms with Gasteiger partial charge in [-0.15, -0.1) is 0 Å². The molecule has 32 heavy (non-hydrogen) atoms. The molecule has 3 fully saturated rings. The first-order chi connectivity index (χ1) is 15.1. The Bertz CT molecular complexity index is 563. The maximum Gasteiger partial charge on any atom is 0.313 e. The van der Waals surface area contributed by atoms with E-state index < -0.39 is 41.9 Å². The molecule has 4 atom stereocenters. The second kappa shape index (κ2) is 10.9. The van der Waals surface area contributed by atoms with Crippen LogP contribution < -0.4 is 0 Å². The van der Waals surface area contributed by atoms with Crippen molar-refractivity contribution in [1.82, 2.24) is 0 Å². The van der Waals surface area contributed by atoms with E-state index >= 15 is 17.6 Å². The zero-order valence-electron chi connectivity index (χ0n) is 19.8. The van der Waals surface area contributed by atoms with Crippen LogP contribution in [-0.2, 0) is 0 Å². The normalized spacial score (nSPS) is 39.8. The number of unbranched alkanes of at least 4 members (excludes halogenated alkanes) is 2. The maximum absolute atomic E-state index is 15.1. The van der Waals surface area contributed by atoms with Crippen molar-refractivity contribution in [3.05, 3.63) is 0 Å². The van der Waals surface area contributed by atoms with Crippen LogP contribution in [0.2, 0.25) is 0 Å². The van der Waals surface area contributed by atoms with Crippen molar-refractivity contribution in [3.63, 3.8) is 0 Å². The highest BCUT2D eigenvalue weighted by Crippen LogP contribution is 2.54. The number of rotatable bonds is 8. The maximum atomic E-state index is 15.1. The van der Waals surface area contributed by atoms with Crippen LogP contribution in [0.3, 0.4) is 0 Å². The monoisotopic (exact) mass is 468 g/mol. The van der Waals surface area contributed by atoms with Crippen LogP contribution in [0.1, 0.15) is 104 Å². The van der Waals surface area contributed by atoms with Crippen molar-refractivity contribution >= 4 is 0 Å². The highest BCUT2D eigenvalue weighted by molar-refractivity contribution is 4.99. The minimum Gasteiger partial charge on any atom is -0.244 e. The van der Waals surface area contributed by atoms with E-state index in [1.807, 2.05) is 0 Å². The average molecular weight is 469 g/mol. The fourth-order valence-electron chi connectivity index (χ4n) is 6.77. The zero-order valence-corrected chi connectivity index (χ0v) is 19.8. The van der Waals surface area contributed by atoms with Crippen LogP contribution in [-0.4, -0.2) is 24.2 Å². The van der Waals surface area contributed by atoms with Gasteiger partial charge in [-0.3, -0.25) is 0 Å². The van der Waals surface area contributed by atoms with Gasteiger partial charge in [0, 0.05) is 11.8 Å². The standard InChI is InChI=1S/C26H42F6/c1-3-4-5-6-18-8-12-20(13-9-18)25(29,30)26(31,32)21-14-10-19(11-15-21)22-16-7-17(2)23(27)24(22)28/h17-24H,3-16H2,1-2H3. The summed E-state index contributed by atoms with van der Waals surface area (Å²) in [6, 6.07) is 0. The van der Waals surface area contributed by atoms with Crippen molar-refractivity contribution in [1.29, 1.82) is 0 Å². The molecular formula is C26H42F6. The van der Waals surface area contributed by atoms with E-state index in [4.69, 9.17) is 0 Å². The molecule has 3 saturated carbocycles. The SMILES string of the molecule is CCCCCC1CCC(C(F)(F)C(F)(F)C2CCC(C3CCC(C)C(F)C3F)CC2)CC1. The van der Waals surface area contributed by atoms with Crippen molar-refractivity contribution in [2.75, 3.05) is 0 Å². The Kier molecular flexibility index (Phi) is 8.91. The fourth-order valence-corrected chi connectivity index (χ4v) is 6.77. The van der Waals surface area contributed by atoms with E-state index in [-0.39, 0.29) is 37.5 Å². The second-order valence-electron chi connectivity index (χ2n) is 11.2. The molecule has 188 valence electrons. The molecule has 0 aromatic rings. The minimum atomic E-state index is -4.03. The van der Waals surface area contributed by atoms with E-state index in [2.05, 4.69) is 6.92 Å². The Morgan fingerprint density at radius 1 is 0.656 bits per heavy atom. The number of halogens is 6. The van der Waals surface area contributed by atoms with E-state index in [0.29, 0.717) is 44.4 Å². The van der Waals surface area contributed by atoms with E-state index in [9.17, 15) is 8.78 Å². The first-order valence-electron chi connectivity index (χ1n) is 13.1. The van der Waals surface area contributed by atoms with Gasteiger partial charge in [0.05, 0.1) is 0 Å². The largest absolute Gasteiger partial charge is 0.313 e. The Hall–Kier alpha value is -0.420. The van der Waals surface area contributed by atoms with Gasteiger partial charge in [0.2, 0.25) is 0 Å². The Morgan fingerprint density at radius 3 is 1.72 bits per heavy atom. The fraction of sp³-hybridized carbons (Fsp3) is 1.00. The lowest BCUT2D eigenvalue weighted by atomic mass is 9.66. The van der Waals surface area contributed by atoms with Crippen LogP contribution in [0.4, 0.5) is 26.3 Å². The molecule has 0 aromatic carbocycles. The van der Waals surface area contributed by atoms with Crippen LogP contribution in [0.5, 0.6) is 0 Å². The first-order valence-corrected chi connectivity index (χ1v) is 13.1. The summed E-state index contributed by atoms with van der Waals surface area (Å²) < 4.78 is 88.9. The summed E-state index contributed by atoms with van der Waals surface area (Å²) in [6.45, 7) is 3.82. The van der Waals surface area contributed by atoms with Gasteiger partial charge in [0.1, 0.15) is 12.3 Å². The van der Waals surface area contributed by atoms with E-state index in [0.717, 1.165) is 25.7 Å². The lowest BCUT2D eigenvalue weighted by Gasteiger charge is -2.44. The third kappa shape index (κ3) is 5.45. The quantitative estimate of drug-likeness (QED) is 0.246. The molecule has 3 rings (SSSR count). The molecule has 0 aromatic heterocycles. The Balaban J connectivity index is 1.53. The predicted molar refractivity (Wildman–Crippen MR) is 117 cm³/mol. The lowest BCUT2D eigenvalue weighted by molar-refractivity contribution is -0.270. The summed E-state index contributed by atoms with van der Waals surface area (Å²) in [4.78, 5) is 0. The molecule has 6 heteroatoms. The molecule has 4 unspecified atom stereocenters. The zero-order chi connectivity index (χ0) is 23.5. The third-order valence-electron chi connectivity index (χ3n) is 9.12. The van der Waals surface area contributed by atoms with Crippen LogP contribution in [0.15, 0.2) is 0 Å². The van der Waals surface area contributed by atoms with Crippen molar-refractivity contribution in [2.24, 2.45) is 35.5 Å². The summed E-state index contributed by atoms with van der Waals surface area (Å²) in [5.41, 5.74) is 0. The topological polar surface area (TPSA) is 0 Å². The van der Waals surface area contributed by atoms with Gasteiger partial charge in [0.15, 0.2) is 0 Å². The second-order valence-corrected chi connectivity index (χ2v) is 11.2. The van der Waals surface area contributed by atoms with Crippen molar-refractivity contribution < 1.29 is 26.3 Å². The summed E-state index contributed by atoms with van der Waals surface area (Å²) >= 11 is 0. The summed E-state index contributed by atoms with van der Waals surface area (Å²) in [5.74, 6) is -11.2. The third-order valence-corrected chi connectivity index (χ3v) is 9.12. The predicted octanol–water partition coefficient (Wildman–Crippen LogP) is 9.17. The molecule has 0 N–H and O–H groups in total. The van der Waals surface area contributed by atoms with Gasteiger partial charge < -0.3 is 0 Å². The number of hydrogen-bond donors (Lipinski definition) is 0.